The third kappa shape index (κ3) is 3.82. The van der Waals surface area contributed by atoms with Crippen LogP contribution in [-0.4, -0.2) is 35.4 Å². The third-order valence-electron chi connectivity index (χ3n) is 5.14. The van der Waals surface area contributed by atoms with Crippen molar-refractivity contribution in [1.82, 2.24) is 0 Å². The average Bonchev–Trinajstić information content (AvgIpc) is 2.92. The first kappa shape index (κ1) is 21.9. The number of aliphatic hydroxyl groups is 1. The summed E-state index contributed by atoms with van der Waals surface area (Å²) in [5.41, 5.74) is -1.48. The van der Waals surface area contributed by atoms with E-state index in [0.717, 1.165) is 18.9 Å². The molecule has 0 aliphatic carbocycles. The summed E-state index contributed by atoms with van der Waals surface area (Å²) in [4.78, 5) is 38.2. The van der Waals surface area contributed by atoms with Crippen molar-refractivity contribution in [3.63, 3.8) is 0 Å². The number of ether oxygens (including phenoxy) is 1. The highest BCUT2D eigenvalue weighted by molar-refractivity contribution is 9.10. The van der Waals surface area contributed by atoms with Gasteiger partial charge in [0.05, 0.1) is 24.1 Å². The average molecular weight is 477 g/mol. The SMILES string of the molecule is CCCCN1C(=O)[C@](O)(CC(=O)c2ccc(OC)c([N+](=O)[O-])c2)c2cc(Br)ccc21. The zero-order valence-corrected chi connectivity index (χ0v) is 18.1. The van der Waals surface area contributed by atoms with Gasteiger partial charge in [0.15, 0.2) is 17.1 Å². The van der Waals surface area contributed by atoms with Gasteiger partial charge in [0, 0.05) is 28.2 Å². The number of amides is 1. The van der Waals surface area contributed by atoms with E-state index in [9.17, 15) is 24.8 Å². The Morgan fingerprint density at radius 3 is 2.67 bits per heavy atom. The highest BCUT2D eigenvalue weighted by atomic mass is 79.9. The highest BCUT2D eigenvalue weighted by Gasteiger charge is 2.50. The van der Waals surface area contributed by atoms with Crippen LogP contribution < -0.4 is 9.64 Å². The molecule has 1 aliphatic heterocycles. The molecule has 158 valence electrons. The molecule has 9 heteroatoms. The molecule has 1 atom stereocenters. The molecule has 8 nitrogen and oxygen atoms in total. The number of nitrogens with zero attached hydrogens (tertiary/aromatic N) is 2. The first-order chi connectivity index (χ1) is 14.2. The van der Waals surface area contributed by atoms with Gasteiger partial charge in [-0.2, -0.15) is 0 Å². The van der Waals surface area contributed by atoms with Crippen molar-refractivity contribution < 1.29 is 24.4 Å². The molecule has 1 N–H and O–H groups in total. The lowest BCUT2D eigenvalue weighted by Crippen LogP contribution is -2.42. The second kappa shape index (κ2) is 8.53. The van der Waals surface area contributed by atoms with Crippen molar-refractivity contribution in [3.05, 3.63) is 62.1 Å². The number of rotatable bonds is 8. The topological polar surface area (TPSA) is 110 Å². The molecule has 1 heterocycles. The van der Waals surface area contributed by atoms with Gasteiger partial charge >= 0.3 is 5.69 Å². The Hall–Kier alpha value is -2.78. The number of fused-ring (bicyclic) bond motifs is 1. The van der Waals surface area contributed by atoms with E-state index in [1.165, 1.54) is 24.1 Å². The minimum absolute atomic E-state index is 0.0206. The van der Waals surface area contributed by atoms with Crippen LogP contribution in [0.25, 0.3) is 0 Å². The monoisotopic (exact) mass is 476 g/mol. The van der Waals surface area contributed by atoms with E-state index >= 15 is 0 Å². The number of benzene rings is 2. The molecule has 2 aromatic rings. The molecule has 3 rings (SSSR count). The van der Waals surface area contributed by atoms with Gasteiger partial charge in [0.1, 0.15) is 0 Å². The van der Waals surface area contributed by atoms with Crippen LogP contribution in [0.15, 0.2) is 40.9 Å². The number of methoxy groups -OCH3 is 1. The van der Waals surface area contributed by atoms with E-state index in [1.807, 2.05) is 6.92 Å². The molecular formula is C21H21BrN2O6. The fraction of sp³-hybridized carbons (Fsp3) is 0.333. The number of unbranched alkanes of at least 4 members (excludes halogenated alkanes) is 1. The predicted octanol–water partition coefficient (Wildman–Crippen LogP) is 3.97. The largest absolute Gasteiger partial charge is 0.490 e. The summed E-state index contributed by atoms with van der Waals surface area (Å²) in [5.74, 6) is -1.13. The van der Waals surface area contributed by atoms with Crippen LogP contribution in [0.2, 0.25) is 0 Å². The fourth-order valence-corrected chi connectivity index (χ4v) is 3.93. The smallest absolute Gasteiger partial charge is 0.311 e. The van der Waals surface area contributed by atoms with E-state index in [4.69, 9.17) is 4.74 Å². The molecular weight excluding hydrogens is 456 g/mol. The third-order valence-corrected chi connectivity index (χ3v) is 5.64. The number of hydrogen-bond donors (Lipinski definition) is 1. The minimum atomic E-state index is -2.04. The van der Waals surface area contributed by atoms with E-state index in [1.54, 1.807) is 18.2 Å². The molecule has 0 saturated heterocycles. The van der Waals surface area contributed by atoms with Crippen molar-refractivity contribution in [1.29, 1.82) is 0 Å². The van der Waals surface area contributed by atoms with E-state index in [-0.39, 0.29) is 17.0 Å². The van der Waals surface area contributed by atoms with E-state index in [2.05, 4.69) is 15.9 Å². The number of carbonyl (C=O) groups is 2. The van der Waals surface area contributed by atoms with Crippen LogP contribution in [0.3, 0.4) is 0 Å². The maximum Gasteiger partial charge on any atom is 0.311 e. The molecule has 1 amide bonds. The molecule has 1 aliphatic rings. The van der Waals surface area contributed by atoms with Crippen molar-refractivity contribution in [3.8, 4) is 5.75 Å². The Morgan fingerprint density at radius 1 is 1.30 bits per heavy atom. The summed E-state index contributed by atoms with van der Waals surface area (Å²) >= 11 is 3.35. The first-order valence-electron chi connectivity index (χ1n) is 9.43. The normalized spacial score (nSPS) is 17.7. The Labute approximate surface area is 181 Å². The van der Waals surface area contributed by atoms with Gasteiger partial charge in [-0.1, -0.05) is 29.3 Å². The summed E-state index contributed by atoms with van der Waals surface area (Å²) in [7, 11) is 1.30. The predicted molar refractivity (Wildman–Crippen MR) is 114 cm³/mol. The summed E-state index contributed by atoms with van der Waals surface area (Å²) in [6.45, 7) is 2.42. The zero-order chi connectivity index (χ0) is 22.1. The Morgan fingerprint density at radius 2 is 2.03 bits per heavy atom. The second-order valence-electron chi connectivity index (χ2n) is 7.08. The van der Waals surface area contributed by atoms with Crippen LogP contribution >= 0.6 is 15.9 Å². The molecule has 30 heavy (non-hydrogen) atoms. The molecule has 0 radical (unpaired) electrons. The number of ketones is 1. The zero-order valence-electron chi connectivity index (χ0n) is 16.6. The Balaban J connectivity index is 1.98. The van der Waals surface area contributed by atoms with Crippen LogP contribution in [0.1, 0.15) is 42.1 Å². The number of nitro benzene ring substituents is 1. The summed E-state index contributed by atoms with van der Waals surface area (Å²) in [6, 6.07) is 8.93. The van der Waals surface area contributed by atoms with E-state index < -0.39 is 28.6 Å². The summed E-state index contributed by atoms with van der Waals surface area (Å²) < 4.78 is 5.62. The lowest BCUT2D eigenvalue weighted by molar-refractivity contribution is -0.385. The minimum Gasteiger partial charge on any atom is -0.490 e. The molecule has 0 spiro atoms. The Bertz CT molecular complexity index is 1020. The second-order valence-corrected chi connectivity index (χ2v) is 7.99. The number of hydrogen-bond acceptors (Lipinski definition) is 6. The van der Waals surface area contributed by atoms with Crippen molar-refractivity contribution in [2.45, 2.75) is 31.8 Å². The van der Waals surface area contributed by atoms with Crippen molar-refractivity contribution in [2.24, 2.45) is 0 Å². The van der Waals surface area contributed by atoms with Gasteiger partial charge in [0.2, 0.25) is 0 Å². The van der Waals surface area contributed by atoms with Gasteiger partial charge in [-0.3, -0.25) is 19.7 Å². The number of anilines is 1. The first-order valence-corrected chi connectivity index (χ1v) is 10.2. The molecule has 0 fully saturated rings. The lowest BCUT2D eigenvalue weighted by Gasteiger charge is -2.22. The van der Waals surface area contributed by atoms with Gasteiger partial charge in [-0.25, -0.2) is 0 Å². The van der Waals surface area contributed by atoms with E-state index in [0.29, 0.717) is 22.3 Å². The van der Waals surface area contributed by atoms with Gasteiger partial charge in [-0.05, 0) is 36.8 Å². The maximum absolute atomic E-state index is 13.1. The summed E-state index contributed by atoms with van der Waals surface area (Å²) in [5, 5.41) is 22.6. The van der Waals surface area contributed by atoms with Gasteiger partial charge in [0.25, 0.3) is 5.91 Å². The van der Waals surface area contributed by atoms with Crippen molar-refractivity contribution >= 4 is 39.0 Å². The number of halogens is 1. The molecule has 2 aromatic carbocycles. The molecule has 0 bridgehead atoms. The molecule has 0 aromatic heterocycles. The van der Waals surface area contributed by atoms with Crippen molar-refractivity contribution in [2.75, 3.05) is 18.6 Å². The quantitative estimate of drug-likeness (QED) is 0.350. The molecule has 0 saturated carbocycles. The van der Waals surface area contributed by atoms with Crippen LogP contribution in [0.5, 0.6) is 5.75 Å². The van der Waals surface area contributed by atoms with Gasteiger partial charge < -0.3 is 14.7 Å². The maximum atomic E-state index is 13.1. The van der Waals surface area contributed by atoms with Crippen LogP contribution in [-0.2, 0) is 10.4 Å². The Kier molecular flexibility index (Phi) is 6.23. The number of Topliss-reactive ketones (excluding diaryl/α,β-unsaturated/α-hetero) is 1. The fourth-order valence-electron chi connectivity index (χ4n) is 3.57. The van der Waals surface area contributed by atoms with Crippen LogP contribution in [0, 0.1) is 10.1 Å². The van der Waals surface area contributed by atoms with Gasteiger partial charge in [-0.15, -0.1) is 0 Å². The lowest BCUT2D eigenvalue weighted by atomic mass is 9.88. The highest BCUT2D eigenvalue weighted by Crippen LogP contribution is 2.44. The number of nitro groups is 1. The summed E-state index contributed by atoms with van der Waals surface area (Å²) in [6.07, 6.45) is 1.08. The molecule has 0 unspecified atom stereocenters. The standard InChI is InChI=1S/C21H21BrN2O6/c1-3-4-9-23-16-7-6-14(22)11-15(16)21(27,20(23)26)12-18(25)13-5-8-19(30-2)17(10-13)24(28)29/h5-8,10-11,27H,3-4,9,12H2,1-2H3/t21-/m0/s1. The number of carbonyl (C=O) groups excluding carboxylic acids is 2. The van der Waals surface area contributed by atoms with Crippen LogP contribution in [0.4, 0.5) is 11.4 Å².